The van der Waals surface area contributed by atoms with Gasteiger partial charge in [0.15, 0.2) is 11.6 Å². The fourth-order valence-electron chi connectivity index (χ4n) is 4.34. The smallest absolute Gasteiger partial charge is 0.169 e. The highest BCUT2D eigenvalue weighted by Crippen LogP contribution is 2.38. The topological polar surface area (TPSA) is 53.8 Å². The maximum absolute atomic E-state index is 13.1. The number of benzene rings is 5. The van der Waals surface area contributed by atoms with Gasteiger partial charge >= 0.3 is 0 Å². The molecule has 6 rings (SSSR count). The Morgan fingerprint density at radius 2 is 1.16 bits per heavy atom. The lowest BCUT2D eigenvalue weighted by Crippen LogP contribution is -2.03. The van der Waals surface area contributed by atoms with E-state index in [-0.39, 0.29) is 5.75 Å². The van der Waals surface area contributed by atoms with Gasteiger partial charge in [-0.2, -0.15) is 0 Å². The molecule has 152 valence electrons. The minimum absolute atomic E-state index is 0.0715. The first-order valence-electron chi connectivity index (χ1n) is 10.5. The molecule has 0 N–H and O–H groups in total. The molecule has 0 radical (unpaired) electrons. The molecule has 0 fully saturated rings. The Kier molecular flexibility index (Phi) is 4.22. The summed E-state index contributed by atoms with van der Waals surface area (Å²) in [5.41, 5.74) is 2.44. The van der Waals surface area contributed by atoms with Crippen molar-refractivity contribution >= 4 is 21.5 Å². The number of para-hydroxylation sites is 1. The Balaban J connectivity index is 1.71. The monoisotopic (exact) mass is 412 g/mol. The van der Waals surface area contributed by atoms with Gasteiger partial charge in [0.1, 0.15) is 0 Å². The summed E-state index contributed by atoms with van der Waals surface area (Å²) in [5.74, 6) is 1.18. The molecule has 1 aromatic heterocycles. The van der Waals surface area contributed by atoms with Crippen molar-refractivity contribution in [3.05, 3.63) is 109 Å². The van der Waals surface area contributed by atoms with Crippen LogP contribution in [0.25, 0.3) is 50.0 Å². The van der Waals surface area contributed by atoms with Crippen LogP contribution in [-0.4, -0.2) is 14.8 Å². The first-order valence-corrected chi connectivity index (χ1v) is 10.5. The minimum atomic E-state index is -0.0715. The summed E-state index contributed by atoms with van der Waals surface area (Å²) in [4.78, 5) is 0. The zero-order valence-corrected chi connectivity index (χ0v) is 17.1. The number of hydrogen-bond acceptors (Lipinski definition) is 3. The highest BCUT2D eigenvalue weighted by molar-refractivity contribution is 5.99. The van der Waals surface area contributed by atoms with E-state index in [2.05, 4.69) is 34.5 Å². The van der Waals surface area contributed by atoms with E-state index in [0.717, 1.165) is 32.8 Å². The molecule has 0 spiro atoms. The Morgan fingerprint density at radius 3 is 1.97 bits per heavy atom. The second-order valence-corrected chi connectivity index (χ2v) is 7.70. The Bertz CT molecular complexity index is 1580. The highest BCUT2D eigenvalue weighted by atomic mass is 16.3. The van der Waals surface area contributed by atoms with E-state index in [4.69, 9.17) is 0 Å². The van der Waals surface area contributed by atoms with Gasteiger partial charge in [-0.3, -0.25) is 4.57 Å². The predicted octanol–water partition coefficient (Wildman–Crippen LogP) is 5.98. The van der Waals surface area contributed by atoms with Gasteiger partial charge in [0.25, 0.3) is 0 Å². The van der Waals surface area contributed by atoms with Crippen molar-refractivity contribution in [2.24, 2.45) is 0 Å². The Labute approximate surface area is 185 Å². The summed E-state index contributed by atoms with van der Waals surface area (Å²) in [7, 11) is 0. The van der Waals surface area contributed by atoms with Crippen LogP contribution in [0.2, 0.25) is 0 Å². The predicted molar refractivity (Wildman–Crippen MR) is 127 cm³/mol. The average molecular weight is 412 g/mol. The highest BCUT2D eigenvalue weighted by Gasteiger charge is 2.20. The summed E-state index contributed by atoms with van der Waals surface area (Å²) in [5, 5.41) is 26.4. The van der Waals surface area contributed by atoms with Gasteiger partial charge in [0, 0.05) is 16.8 Å². The van der Waals surface area contributed by atoms with Gasteiger partial charge < -0.3 is 5.11 Å². The van der Waals surface area contributed by atoms with Crippen molar-refractivity contribution in [3.8, 4) is 34.2 Å². The summed E-state index contributed by atoms with van der Waals surface area (Å²) in [6.45, 7) is 0. The van der Waals surface area contributed by atoms with Crippen molar-refractivity contribution in [1.29, 1.82) is 0 Å². The van der Waals surface area contributed by atoms with Crippen LogP contribution < -0.4 is 5.11 Å². The van der Waals surface area contributed by atoms with Crippen LogP contribution in [0.4, 0.5) is 0 Å². The first kappa shape index (κ1) is 18.3. The van der Waals surface area contributed by atoms with Crippen molar-refractivity contribution < 1.29 is 5.11 Å². The van der Waals surface area contributed by atoms with Crippen molar-refractivity contribution in [2.75, 3.05) is 0 Å². The van der Waals surface area contributed by atoms with Crippen LogP contribution in [0.1, 0.15) is 0 Å². The SMILES string of the molecule is [O-]c1ccc2ccccc2c1-c1nnc(-c2cccc3ccccc23)n1-c1ccccc1. The molecule has 0 aliphatic heterocycles. The van der Waals surface area contributed by atoms with Gasteiger partial charge in [-0.25, -0.2) is 0 Å². The fraction of sp³-hybridized carbons (Fsp3) is 0. The van der Waals surface area contributed by atoms with Crippen LogP contribution in [0.5, 0.6) is 5.75 Å². The van der Waals surface area contributed by atoms with Crippen LogP contribution >= 0.6 is 0 Å². The standard InChI is InChI=1S/C28H19N3O/c32-25-18-17-20-10-5-7-15-23(20)26(25)28-30-29-27(31(28)21-12-2-1-3-13-21)24-16-8-11-19-9-4-6-14-22(19)24/h1-18,32H/p-1. The molecule has 5 aromatic carbocycles. The maximum Gasteiger partial charge on any atom is 0.169 e. The normalized spacial score (nSPS) is 11.2. The van der Waals surface area contributed by atoms with E-state index in [9.17, 15) is 5.11 Å². The summed E-state index contributed by atoms with van der Waals surface area (Å²) < 4.78 is 1.99. The molecule has 0 unspecified atom stereocenters. The number of aromatic nitrogens is 3. The van der Waals surface area contributed by atoms with Crippen molar-refractivity contribution in [1.82, 2.24) is 14.8 Å². The molecule has 4 nitrogen and oxygen atoms in total. The van der Waals surface area contributed by atoms with Crippen LogP contribution in [0.3, 0.4) is 0 Å². The fourth-order valence-corrected chi connectivity index (χ4v) is 4.34. The molecule has 0 aliphatic carbocycles. The summed E-state index contributed by atoms with van der Waals surface area (Å²) in [6.07, 6.45) is 0. The van der Waals surface area contributed by atoms with Gasteiger partial charge in [-0.15, -0.1) is 10.2 Å². The number of rotatable bonds is 3. The lowest BCUT2D eigenvalue weighted by atomic mass is 10.0. The van der Waals surface area contributed by atoms with E-state index in [1.165, 1.54) is 0 Å². The third kappa shape index (κ3) is 2.85. The largest absolute Gasteiger partial charge is 0.872 e. The van der Waals surface area contributed by atoms with Gasteiger partial charge in [-0.1, -0.05) is 103 Å². The lowest BCUT2D eigenvalue weighted by Gasteiger charge is -2.18. The number of hydrogen-bond donors (Lipinski definition) is 0. The number of nitrogens with zero attached hydrogens (tertiary/aromatic N) is 3. The zero-order chi connectivity index (χ0) is 21.5. The molecule has 6 aromatic rings. The Hall–Kier alpha value is -4.44. The molecular formula is C28H18N3O-. The van der Waals surface area contributed by atoms with E-state index in [1.54, 1.807) is 6.07 Å². The van der Waals surface area contributed by atoms with E-state index in [1.807, 2.05) is 83.4 Å². The maximum atomic E-state index is 13.1. The molecule has 0 aliphatic rings. The second kappa shape index (κ2) is 7.36. The third-order valence-electron chi connectivity index (χ3n) is 5.82. The lowest BCUT2D eigenvalue weighted by molar-refractivity contribution is -0.267. The summed E-state index contributed by atoms with van der Waals surface area (Å²) in [6, 6.07) is 35.7. The zero-order valence-electron chi connectivity index (χ0n) is 17.1. The van der Waals surface area contributed by atoms with Crippen LogP contribution in [0, 0.1) is 0 Å². The third-order valence-corrected chi connectivity index (χ3v) is 5.82. The Morgan fingerprint density at radius 1 is 0.531 bits per heavy atom. The molecule has 1 heterocycles. The quantitative estimate of drug-likeness (QED) is 0.359. The van der Waals surface area contributed by atoms with Crippen molar-refractivity contribution in [3.63, 3.8) is 0 Å². The molecule has 4 heteroatoms. The molecule has 32 heavy (non-hydrogen) atoms. The minimum Gasteiger partial charge on any atom is -0.872 e. The van der Waals surface area contributed by atoms with Crippen LogP contribution in [0.15, 0.2) is 109 Å². The van der Waals surface area contributed by atoms with E-state index < -0.39 is 0 Å². The first-order chi connectivity index (χ1) is 15.8. The van der Waals surface area contributed by atoms with Gasteiger partial charge in [-0.05, 0) is 33.7 Å². The van der Waals surface area contributed by atoms with E-state index >= 15 is 0 Å². The average Bonchev–Trinajstić information content (AvgIpc) is 3.28. The van der Waals surface area contributed by atoms with Gasteiger partial charge in [0.05, 0.1) is 0 Å². The van der Waals surface area contributed by atoms with Gasteiger partial charge in [0.2, 0.25) is 0 Å². The molecule has 0 amide bonds. The molecule has 0 saturated heterocycles. The number of fused-ring (bicyclic) bond motifs is 2. The summed E-state index contributed by atoms with van der Waals surface area (Å²) >= 11 is 0. The molecular weight excluding hydrogens is 394 g/mol. The van der Waals surface area contributed by atoms with E-state index in [0.29, 0.717) is 17.2 Å². The van der Waals surface area contributed by atoms with Crippen molar-refractivity contribution in [2.45, 2.75) is 0 Å². The molecule has 0 atom stereocenters. The molecule has 0 bridgehead atoms. The van der Waals surface area contributed by atoms with Crippen LogP contribution in [-0.2, 0) is 0 Å². The second-order valence-electron chi connectivity index (χ2n) is 7.70. The molecule has 0 saturated carbocycles.